The first-order valence-electron chi connectivity index (χ1n) is 6.11. The molecule has 19 heavy (non-hydrogen) atoms. The average Bonchev–Trinajstić information content (AvgIpc) is 2.42. The minimum absolute atomic E-state index is 0.134. The number of rotatable bonds is 3. The van der Waals surface area contributed by atoms with Gasteiger partial charge in [-0.3, -0.25) is 9.78 Å². The molecule has 0 bridgehead atoms. The molecule has 0 aliphatic heterocycles. The lowest BCUT2D eigenvalue weighted by Crippen LogP contribution is -2.09. The maximum absolute atomic E-state index is 11.8. The summed E-state index contributed by atoms with van der Waals surface area (Å²) in [7, 11) is 0. The van der Waals surface area contributed by atoms with Crippen molar-refractivity contribution in [3.63, 3.8) is 0 Å². The Balaban J connectivity index is 2.06. The highest BCUT2D eigenvalue weighted by Gasteiger charge is 2.01. The quantitative estimate of drug-likeness (QED) is 0.851. The number of carbonyl (C=O) groups is 1. The topological polar surface area (TPSA) is 42.0 Å². The lowest BCUT2D eigenvalue weighted by molar-refractivity contribution is -0.111. The summed E-state index contributed by atoms with van der Waals surface area (Å²) < 4.78 is 0. The van der Waals surface area contributed by atoms with E-state index in [1.54, 1.807) is 18.5 Å². The van der Waals surface area contributed by atoms with E-state index in [1.807, 2.05) is 44.2 Å². The van der Waals surface area contributed by atoms with Crippen LogP contribution in [0.1, 0.15) is 16.7 Å². The molecule has 3 nitrogen and oxygen atoms in total. The predicted molar refractivity (Wildman–Crippen MR) is 77.8 cm³/mol. The largest absolute Gasteiger partial charge is 0.322 e. The van der Waals surface area contributed by atoms with Gasteiger partial charge in [-0.1, -0.05) is 12.1 Å². The van der Waals surface area contributed by atoms with Gasteiger partial charge in [-0.15, -0.1) is 0 Å². The number of anilines is 1. The van der Waals surface area contributed by atoms with Crippen molar-refractivity contribution in [2.24, 2.45) is 0 Å². The average molecular weight is 252 g/mol. The number of nitrogens with zero attached hydrogens (tertiary/aromatic N) is 1. The zero-order chi connectivity index (χ0) is 13.7. The van der Waals surface area contributed by atoms with Crippen LogP contribution in [0.2, 0.25) is 0 Å². The number of hydrogen-bond donors (Lipinski definition) is 1. The molecule has 2 rings (SSSR count). The van der Waals surface area contributed by atoms with Gasteiger partial charge in [0.1, 0.15) is 0 Å². The van der Waals surface area contributed by atoms with Crippen LogP contribution in [0, 0.1) is 13.8 Å². The third-order valence-electron chi connectivity index (χ3n) is 2.78. The highest BCUT2D eigenvalue weighted by molar-refractivity contribution is 6.02. The van der Waals surface area contributed by atoms with Crippen LogP contribution in [0.3, 0.4) is 0 Å². The Hall–Kier alpha value is -2.42. The molecule has 1 aromatic carbocycles. The third-order valence-corrected chi connectivity index (χ3v) is 2.78. The van der Waals surface area contributed by atoms with Gasteiger partial charge in [-0.25, -0.2) is 0 Å². The smallest absolute Gasteiger partial charge is 0.248 e. The summed E-state index contributed by atoms with van der Waals surface area (Å²) >= 11 is 0. The summed E-state index contributed by atoms with van der Waals surface area (Å²) in [5.41, 5.74) is 3.98. The van der Waals surface area contributed by atoms with Crippen molar-refractivity contribution in [2.75, 3.05) is 5.32 Å². The van der Waals surface area contributed by atoms with Crippen LogP contribution >= 0.6 is 0 Å². The molecule has 96 valence electrons. The van der Waals surface area contributed by atoms with Crippen LogP contribution < -0.4 is 5.32 Å². The van der Waals surface area contributed by atoms with E-state index in [0.29, 0.717) is 0 Å². The molecule has 0 atom stereocenters. The molecular weight excluding hydrogens is 236 g/mol. The van der Waals surface area contributed by atoms with Crippen LogP contribution in [0.15, 0.2) is 48.8 Å². The van der Waals surface area contributed by atoms with Crippen LogP contribution in [-0.4, -0.2) is 10.9 Å². The van der Waals surface area contributed by atoms with Gasteiger partial charge in [0.05, 0.1) is 0 Å². The van der Waals surface area contributed by atoms with Gasteiger partial charge in [0, 0.05) is 24.2 Å². The number of amides is 1. The maximum Gasteiger partial charge on any atom is 0.248 e. The summed E-state index contributed by atoms with van der Waals surface area (Å²) in [5, 5.41) is 2.88. The first kappa shape index (κ1) is 13.0. The highest BCUT2D eigenvalue weighted by Crippen LogP contribution is 2.16. The van der Waals surface area contributed by atoms with Crippen molar-refractivity contribution in [3.05, 3.63) is 65.5 Å². The van der Waals surface area contributed by atoms with Crippen molar-refractivity contribution in [3.8, 4) is 0 Å². The number of carbonyl (C=O) groups excluding carboxylic acids is 1. The fraction of sp³-hybridized carbons (Fsp3) is 0.125. The van der Waals surface area contributed by atoms with Crippen molar-refractivity contribution in [1.29, 1.82) is 0 Å². The Kier molecular flexibility index (Phi) is 4.08. The Morgan fingerprint density at radius 3 is 2.63 bits per heavy atom. The van der Waals surface area contributed by atoms with E-state index in [9.17, 15) is 4.79 Å². The van der Waals surface area contributed by atoms with E-state index in [2.05, 4.69) is 10.3 Å². The number of hydrogen-bond acceptors (Lipinski definition) is 2. The molecule has 3 heteroatoms. The molecule has 1 heterocycles. The van der Waals surface area contributed by atoms with Crippen molar-refractivity contribution < 1.29 is 4.79 Å². The first-order valence-corrected chi connectivity index (χ1v) is 6.11. The normalized spacial score (nSPS) is 10.6. The molecule has 0 fully saturated rings. The zero-order valence-corrected chi connectivity index (χ0v) is 11.1. The molecule has 0 unspecified atom stereocenters. The Morgan fingerprint density at radius 1 is 1.16 bits per heavy atom. The summed E-state index contributed by atoms with van der Waals surface area (Å²) in [4.78, 5) is 15.8. The number of nitrogens with one attached hydrogen (secondary N) is 1. The van der Waals surface area contributed by atoms with Gasteiger partial charge >= 0.3 is 0 Å². The molecule has 0 saturated carbocycles. The number of aromatic nitrogens is 1. The van der Waals surface area contributed by atoms with Crippen LogP contribution in [0.5, 0.6) is 0 Å². The molecular formula is C16H16N2O. The molecule has 0 aliphatic rings. The number of benzene rings is 1. The van der Waals surface area contributed by atoms with E-state index < -0.39 is 0 Å². The Labute approximate surface area is 113 Å². The Morgan fingerprint density at radius 2 is 1.89 bits per heavy atom. The van der Waals surface area contributed by atoms with E-state index in [-0.39, 0.29) is 5.91 Å². The molecule has 0 aliphatic carbocycles. The first-order chi connectivity index (χ1) is 9.15. The summed E-state index contributed by atoms with van der Waals surface area (Å²) in [6.45, 7) is 3.98. The van der Waals surface area contributed by atoms with Crippen LogP contribution in [0.4, 0.5) is 5.69 Å². The van der Waals surface area contributed by atoms with Gasteiger partial charge < -0.3 is 5.32 Å². The standard InChI is InChI=1S/C16H16N2O/c1-12-3-4-13(2)15(11-12)18-16(19)6-5-14-7-9-17-10-8-14/h3-11H,1-2H3,(H,18,19). The molecule has 0 saturated heterocycles. The SMILES string of the molecule is Cc1ccc(C)c(NC(=O)C=Cc2ccncc2)c1. The summed E-state index contributed by atoms with van der Waals surface area (Å²) in [5.74, 6) is -0.134. The summed E-state index contributed by atoms with van der Waals surface area (Å²) in [6, 6.07) is 9.69. The van der Waals surface area contributed by atoms with Gasteiger partial charge in [-0.2, -0.15) is 0 Å². The van der Waals surface area contributed by atoms with Gasteiger partial charge in [0.2, 0.25) is 5.91 Å². The van der Waals surface area contributed by atoms with Crippen molar-refractivity contribution in [1.82, 2.24) is 4.98 Å². The van der Waals surface area contributed by atoms with Crippen LogP contribution in [-0.2, 0) is 4.79 Å². The van der Waals surface area contributed by atoms with Gasteiger partial charge in [0.15, 0.2) is 0 Å². The molecule has 1 aromatic heterocycles. The fourth-order valence-corrected chi connectivity index (χ4v) is 1.69. The van der Waals surface area contributed by atoms with Gasteiger partial charge in [0.25, 0.3) is 0 Å². The monoisotopic (exact) mass is 252 g/mol. The minimum Gasteiger partial charge on any atom is -0.322 e. The lowest BCUT2D eigenvalue weighted by Gasteiger charge is -2.07. The Bertz CT molecular complexity index is 603. The highest BCUT2D eigenvalue weighted by atomic mass is 16.1. The second-order valence-corrected chi connectivity index (χ2v) is 4.42. The fourth-order valence-electron chi connectivity index (χ4n) is 1.69. The van der Waals surface area contributed by atoms with Crippen LogP contribution in [0.25, 0.3) is 6.08 Å². The number of pyridine rings is 1. The second-order valence-electron chi connectivity index (χ2n) is 4.42. The molecule has 2 aromatic rings. The molecule has 0 spiro atoms. The molecule has 0 radical (unpaired) electrons. The summed E-state index contributed by atoms with van der Waals surface area (Å²) in [6.07, 6.45) is 6.68. The minimum atomic E-state index is -0.134. The second kappa shape index (κ2) is 5.96. The zero-order valence-electron chi connectivity index (χ0n) is 11.1. The van der Waals surface area contributed by atoms with E-state index in [4.69, 9.17) is 0 Å². The predicted octanol–water partition coefficient (Wildman–Crippen LogP) is 3.35. The van der Waals surface area contributed by atoms with E-state index >= 15 is 0 Å². The van der Waals surface area contributed by atoms with Gasteiger partial charge in [-0.05, 0) is 54.8 Å². The lowest BCUT2D eigenvalue weighted by atomic mass is 10.1. The number of aryl methyl sites for hydroxylation is 2. The van der Waals surface area contributed by atoms with E-state index in [1.165, 1.54) is 6.08 Å². The van der Waals surface area contributed by atoms with Crippen molar-refractivity contribution >= 4 is 17.7 Å². The molecule has 1 N–H and O–H groups in total. The van der Waals surface area contributed by atoms with Crippen molar-refractivity contribution in [2.45, 2.75) is 13.8 Å². The molecule has 1 amide bonds. The maximum atomic E-state index is 11.8. The third kappa shape index (κ3) is 3.78. The van der Waals surface area contributed by atoms with E-state index in [0.717, 1.165) is 22.4 Å².